The molecule has 160 valence electrons. The van der Waals surface area contributed by atoms with E-state index in [1.54, 1.807) is 12.1 Å². The van der Waals surface area contributed by atoms with Gasteiger partial charge in [-0.3, -0.25) is 19.0 Å². The summed E-state index contributed by atoms with van der Waals surface area (Å²) in [6.45, 7) is 0. The van der Waals surface area contributed by atoms with Crippen molar-refractivity contribution in [2.45, 2.75) is 25.3 Å². The second kappa shape index (κ2) is 8.32. The fourth-order valence-electron chi connectivity index (χ4n) is 3.90. The van der Waals surface area contributed by atoms with Crippen LogP contribution in [-0.4, -0.2) is 28.5 Å². The number of ether oxygens (including phenoxy) is 1. The second-order valence-corrected chi connectivity index (χ2v) is 8.54. The lowest BCUT2D eigenvalue weighted by molar-refractivity contribution is -0.117. The molecule has 1 aliphatic heterocycles. The number of hydrogen-bond donors (Lipinski definition) is 2. The molecule has 31 heavy (non-hydrogen) atoms. The minimum Gasteiger partial charge on any atom is -0.465 e. The molecule has 0 radical (unpaired) electrons. The highest BCUT2D eigenvalue weighted by atomic mass is 79.9. The normalized spacial score (nSPS) is 15.0. The fourth-order valence-corrected chi connectivity index (χ4v) is 4.66. The standard InChI is InChI=1S/C21H17BrClN3O5/c1-31-21(30)14-5-3-12(8-15(14)23)24-17(27)9-13-4-2-10-6-11(22)7-16-18(10)26(13)20(29)19(28)25-16/h3,5-8,13H,2,4,9H2,1H3,(H,24,27)(H,25,28). The number of hydrogen-bond acceptors (Lipinski definition) is 5. The first kappa shape index (κ1) is 21.3. The number of aryl methyl sites for hydroxylation is 1. The topological polar surface area (TPSA) is 110 Å². The predicted octanol–water partition coefficient (Wildman–Crippen LogP) is 3.41. The third kappa shape index (κ3) is 4.03. The third-order valence-electron chi connectivity index (χ3n) is 5.25. The molecule has 0 aliphatic carbocycles. The van der Waals surface area contributed by atoms with E-state index in [2.05, 4.69) is 31.0 Å². The summed E-state index contributed by atoms with van der Waals surface area (Å²) in [4.78, 5) is 51.8. The maximum absolute atomic E-state index is 12.7. The Hall–Kier alpha value is -2.91. The molecule has 1 unspecified atom stereocenters. The molecule has 0 saturated heterocycles. The lowest BCUT2D eigenvalue weighted by Crippen LogP contribution is -2.41. The van der Waals surface area contributed by atoms with Gasteiger partial charge in [0.25, 0.3) is 0 Å². The van der Waals surface area contributed by atoms with Crippen molar-refractivity contribution in [3.63, 3.8) is 0 Å². The van der Waals surface area contributed by atoms with Gasteiger partial charge in [-0.25, -0.2) is 4.79 Å². The maximum Gasteiger partial charge on any atom is 0.339 e. The van der Waals surface area contributed by atoms with Crippen LogP contribution in [0.5, 0.6) is 0 Å². The summed E-state index contributed by atoms with van der Waals surface area (Å²) < 4.78 is 6.88. The summed E-state index contributed by atoms with van der Waals surface area (Å²) in [5.74, 6) is -0.916. The van der Waals surface area contributed by atoms with Crippen molar-refractivity contribution in [3.8, 4) is 0 Å². The van der Waals surface area contributed by atoms with Gasteiger partial charge in [0, 0.05) is 22.6 Å². The number of aromatic amines is 1. The third-order valence-corrected chi connectivity index (χ3v) is 6.02. The van der Waals surface area contributed by atoms with Gasteiger partial charge in [-0.1, -0.05) is 27.5 Å². The SMILES string of the molecule is COC(=O)c1ccc(NC(=O)CC2CCc3cc(Br)cc4[nH]c(=O)c(=O)n2c34)cc1Cl. The summed E-state index contributed by atoms with van der Waals surface area (Å²) in [6.07, 6.45) is 1.21. The first-order valence-electron chi connectivity index (χ1n) is 9.43. The highest BCUT2D eigenvalue weighted by Gasteiger charge is 2.26. The largest absolute Gasteiger partial charge is 0.465 e. The van der Waals surface area contributed by atoms with Crippen molar-refractivity contribution in [1.82, 2.24) is 9.55 Å². The van der Waals surface area contributed by atoms with Crippen LogP contribution in [0.15, 0.2) is 44.4 Å². The number of amides is 1. The number of esters is 1. The summed E-state index contributed by atoms with van der Waals surface area (Å²) in [6, 6.07) is 7.65. The van der Waals surface area contributed by atoms with Crippen LogP contribution in [-0.2, 0) is 16.0 Å². The number of rotatable bonds is 4. The molecule has 1 aliphatic rings. The zero-order valence-corrected chi connectivity index (χ0v) is 18.7. The van der Waals surface area contributed by atoms with Crippen LogP contribution >= 0.6 is 27.5 Å². The zero-order valence-electron chi connectivity index (χ0n) is 16.3. The Labute approximate surface area is 189 Å². The highest BCUT2D eigenvalue weighted by Crippen LogP contribution is 2.32. The van der Waals surface area contributed by atoms with Crippen molar-refractivity contribution in [2.75, 3.05) is 12.4 Å². The van der Waals surface area contributed by atoms with E-state index in [0.717, 1.165) is 10.0 Å². The number of nitrogens with zero attached hydrogens (tertiary/aromatic N) is 1. The number of aromatic nitrogens is 2. The molecule has 8 nitrogen and oxygen atoms in total. The monoisotopic (exact) mass is 505 g/mol. The molecule has 3 aromatic rings. The van der Waals surface area contributed by atoms with Gasteiger partial charge < -0.3 is 15.0 Å². The van der Waals surface area contributed by atoms with Gasteiger partial charge in [0.2, 0.25) is 5.91 Å². The van der Waals surface area contributed by atoms with Crippen LogP contribution in [0.25, 0.3) is 11.0 Å². The van der Waals surface area contributed by atoms with Crippen molar-refractivity contribution < 1.29 is 14.3 Å². The van der Waals surface area contributed by atoms with Gasteiger partial charge in [-0.15, -0.1) is 0 Å². The van der Waals surface area contributed by atoms with Gasteiger partial charge >= 0.3 is 17.1 Å². The second-order valence-electron chi connectivity index (χ2n) is 7.22. The minimum absolute atomic E-state index is 0.00430. The van der Waals surface area contributed by atoms with Gasteiger partial charge in [0.05, 0.1) is 28.7 Å². The van der Waals surface area contributed by atoms with Crippen LogP contribution in [0, 0.1) is 0 Å². The van der Waals surface area contributed by atoms with Crippen LogP contribution in [0.1, 0.15) is 34.8 Å². The summed E-state index contributed by atoms with van der Waals surface area (Å²) in [7, 11) is 1.25. The molecular formula is C21H17BrClN3O5. The van der Waals surface area contributed by atoms with Crippen LogP contribution < -0.4 is 16.4 Å². The van der Waals surface area contributed by atoms with Gasteiger partial charge in [0.15, 0.2) is 0 Å². The Morgan fingerprint density at radius 3 is 2.77 bits per heavy atom. The molecule has 0 bridgehead atoms. The quantitative estimate of drug-likeness (QED) is 0.416. The number of carbonyl (C=O) groups is 2. The van der Waals surface area contributed by atoms with Crippen LogP contribution in [0.4, 0.5) is 5.69 Å². The Balaban J connectivity index is 1.62. The van der Waals surface area contributed by atoms with E-state index in [1.807, 2.05) is 6.07 Å². The number of carbonyl (C=O) groups excluding carboxylic acids is 2. The number of benzene rings is 2. The van der Waals surface area contributed by atoms with Crippen molar-refractivity contribution in [1.29, 1.82) is 0 Å². The van der Waals surface area contributed by atoms with Crippen molar-refractivity contribution in [3.05, 3.63) is 71.7 Å². The van der Waals surface area contributed by atoms with Crippen molar-refractivity contribution in [2.24, 2.45) is 0 Å². The van der Waals surface area contributed by atoms with E-state index in [0.29, 0.717) is 29.6 Å². The number of anilines is 1. The lowest BCUT2D eigenvalue weighted by Gasteiger charge is -2.27. The van der Waals surface area contributed by atoms with E-state index in [-0.39, 0.29) is 22.9 Å². The fraction of sp³-hybridized carbons (Fsp3) is 0.238. The lowest BCUT2D eigenvalue weighted by atomic mass is 9.96. The molecule has 1 aromatic heterocycles. The number of methoxy groups -OCH3 is 1. The average Bonchev–Trinajstić information content (AvgIpc) is 2.72. The summed E-state index contributed by atoms with van der Waals surface area (Å²) in [5, 5.41) is 2.88. The molecule has 2 heterocycles. The highest BCUT2D eigenvalue weighted by molar-refractivity contribution is 9.10. The summed E-state index contributed by atoms with van der Waals surface area (Å²) in [5.41, 5.74) is 1.31. The molecular weight excluding hydrogens is 490 g/mol. The van der Waals surface area contributed by atoms with E-state index < -0.39 is 23.1 Å². The van der Waals surface area contributed by atoms with Gasteiger partial charge in [0.1, 0.15) is 0 Å². The molecule has 0 saturated carbocycles. The zero-order chi connectivity index (χ0) is 22.3. The molecule has 1 atom stereocenters. The Bertz CT molecular complexity index is 1350. The number of nitrogens with one attached hydrogen (secondary N) is 2. The maximum atomic E-state index is 12.7. The summed E-state index contributed by atoms with van der Waals surface area (Å²) >= 11 is 9.52. The van der Waals surface area contributed by atoms with E-state index in [4.69, 9.17) is 11.6 Å². The molecule has 0 fully saturated rings. The number of halogens is 2. The van der Waals surface area contributed by atoms with E-state index in [1.165, 1.54) is 23.8 Å². The predicted molar refractivity (Wildman–Crippen MR) is 120 cm³/mol. The van der Waals surface area contributed by atoms with Crippen molar-refractivity contribution >= 4 is 56.1 Å². The molecule has 2 N–H and O–H groups in total. The number of H-pyrrole nitrogens is 1. The molecule has 0 spiro atoms. The van der Waals surface area contributed by atoms with E-state index in [9.17, 15) is 19.2 Å². The Morgan fingerprint density at radius 1 is 1.29 bits per heavy atom. The van der Waals surface area contributed by atoms with Crippen LogP contribution in [0.2, 0.25) is 5.02 Å². The first-order valence-corrected chi connectivity index (χ1v) is 10.6. The van der Waals surface area contributed by atoms with Crippen LogP contribution in [0.3, 0.4) is 0 Å². The molecule has 4 rings (SSSR count). The molecule has 10 heteroatoms. The van der Waals surface area contributed by atoms with Gasteiger partial charge in [-0.05, 0) is 48.7 Å². The van der Waals surface area contributed by atoms with Gasteiger partial charge in [-0.2, -0.15) is 0 Å². The first-order chi connectivity index (χ1) is 14.8. The Morgan fingerprint density at radius 2 is 2.06 bits per heavy atom. The van der Waals surface area contributed by atoms with E-state index >= 15 is 0 Å². The molecule has 2 aromatic carbocycles. The minimum atomic E-state index is -0.728. The average molecular weight is 507 g/mol. The molecule has 1 amide bonds. The smallest absolute Gasteiger partial charge is 0.339 e. The Kier molecular flexibility index (Phi) is 5.72.